The Balaban J connectivity index is 1.58. The van der Waals surface area contributed by atoms with Gasteiger partial charge in [-0.3, -0.25) is 4.79 Å². The highest BCUT2D eigenvalue weighted by Crippen LogP contribution is 2.23. The van der Waals surface area contributed by atoms with Crippen LogP contribution in [0.5, 0.6) is 0 Å². The molecule has 0 radical (unpaired) electrons. The van der Waals surface area contributed by atoms with Crippen LogP contribution in [0.25, 0.3) is 0 Å². The Kier molecular flexibility index (Phi) is 7.15. The summed E-state index contributed by atoms with van der Waals surface area (Å²) in [4.78, 5) is 15.1. The van der Waals surface area contributed by atoms with Crippen LogP contribution in [0.4, 0.5) is 5.69 Å². The Morgan fingerprint density at radius 2 is 1.83 bits per heavy atom. The number of hydrogen-bond acceptors (Lipinski definition) is 5. The fraction of sp³-hybridized carbons (Fsp3) is 0.650. The number of rotatable bonds is 6. The van der Waals surface area contributed by atoms with E-state index in [1.807, 2.05) is 19.1 Å². The van der Waals surface area contributed by atoms with Crippen LogP contribution in [-0.4, -0.2) is 76.4 Å². The second-order valence-electron chi connectivity index (χ2n) is 7.91. The average molecular weight is 425 g/mol. The van der Waals surface area contributed by atoms with Gasteiger partial charge in [-0.15, -0.1) is 0 Å². The maximum absolute atomic E-state index is 12.8. The molecule has 0 spiro atoms. The van der Waals surface area contributed by atoms with Crippen molar-refractivity contribution in [1.82, 2.24) is 13.9 Å². The fourth-order valence-corrected chi connectivity index (χ4v) is 5.00. The van der Waals surface area contributed by atoms with Crippen molar-refractivity contribution < 1.29 is 17.9 Å². The molecule has 2 aliphatic rings. The van der Waals surface area contributed by atoms with Crippen LogP contribution in [0.3, 0.4) is 0 Å². The third-order valence-corrected chi connectivity index (χ3v) is 7.58. The Labute approximate surface area is 174 Å². The molecule has 9 heteroatoms. The van der Waals surface area contributed by atoms with Crippen LogP contribution in [0.2, 0.25) is 0 Å². The summed E-state index contributed by atoms with van der Waals surface area (Å²) in [6.45, 7) is 5.92. The summed E-state index contributed by atoms with van der Waals surface area (Å²) in [7, 11) is -0.458. The topological polar surface area (TPSA) is 82.2 Å². The number of anilines is 1. The van der Waals surface area contributed by atoms with E-state index < -0.39 is 10.2 Å². The largest absolute Gasteiger partial charge is 0.378 e. The quantitative estimate of drug-likeness (QED) is 0.743. The summed E-state index contributed by atoms with van der Waals surface area (Å²) in [5.41, 5.74) is 2.19. The average Bonchev–Trinajstić information content (AvgIpc) is 2.74. The van der Waals surface area contributed by atoms with Crippen LogP contribution in [0.1, 0.15) is 31.4 Å². The third kappa shape index (κ3) is 5.28. The van der Waals surface area contributed by atoms with Gasteiger partial charge in [0.1, 0.15) is 0 Å². The third-order valence-electron chi connectivity index (χ3n) is 5.67. The number of ether oxygens (including phenoxy) is 1. The minimum absolute atomic E-state index is 0.0894. The smallest absolute Gasteiger partial charge is 0.281 e. The second kappa shape index (κ2) is 9.42. The van der Waals surface area contributed by atoms with Gasteiger partial charge in [-0.25, -0.2) is 0 Å². The van der Waals surface area contributed by atoms with Crippen LogP contribution in [-0.2, 0) is 19.7 Å². The molecule has 1 aromatic carbocycles. The van der Waals surface area contributed by atoms with Gasteiger partial charge in [0, 0.05) is 46.0 Å². The summed E-state index contributed by atoms with van der Waals surface area (Å²) in [6.07, 6.45) is 1.39. The molecule has 0 bridgehead atoms. The van der Waals surface area contributed by atoms with Crippen molar-refractivity contribution in [1.29, 1.82) is 0 Å². The molecule has 0 aromatic heterocycles. The highest BCUT2D eigenvalue weighted by atomic mass is 32.2. The lowest BCUT2D eigenvalue weighted by atomic mass is 9.98. The number of amides is 1. The van der Waals surface area contributed by atoms with E-state index in [9.17, 15) is 13.2 Å². The number of piperidine rings is 1. The number of morpholine rings is 1. The van der Waals surface area contributed by atoms with Gasteiger partial charge in [0.2, 0.25) is 5.91 Å². The fourth-order valence-electron chi connectivity index (χ4n) is 3.81. The minimum Gasteiger partial charge on any atom is -0.378 e. The molecule has 2 heterocycles. The van der Waals surface area contributed by atoms with E-state index in [2.05, 4.69) is 22.3 Å². The molecule has 29 heavy (non-hydrogen) atoms. The zero-order chi connectivity index (χ0) is 21.0. The number of hydrogen-bond donors (Lipinski definition) is 1. The van der Waals surface area contributed by atoms with Crippen molar-refractivity contribution in [2.75, 3.05) is 58.4 Å². The zero-order valence-corrected chi connectivity index (χ0v) is 18.3. The van der Waals surface area contributed by atoms with Gasteiger partial charge in [0.05, 0.1) is 25.2 Å². The number of carbonyl (C=O) groups excluding carboxylic acids is 1. The molecule has 0 unspecified atom stereocenters. The molecule has 2 saturated heterocycles. The Bertz CT molecular complexity index is 791. The highest BCUT2D eigenvalue weighted by molar-refractivity contribution is 7.86. The molecule has 0 saturated carbocycles. The lowest BCUT2D eigenvalue weighted by molar-refractivity contribution is -0.126. The maximum Gasteiger partial charge on any atom is 0.281 e. The van der Waals surface area contributed by atoms with Crippen molar-refractivity contribution in [2.45, 2.75) is 25.8 Å². The molecular formula is C20H32N4O4S. The lowest BCUT2D eigenvalue weighted by Gasteiger charge is -2.33. The molecule has 3 rings (SSSR count). The van der Waals surface area contributed by atoms with Crippen molar-refractivity contribution >= 4 is 21.8 Å². The van der Waals surface area contributed by atoms with E-state index in [-0.39, 0.29) is 24.4 Å². The van der Waals surface area contributed by atoms with Crippen molar-refractivity contribution in [3.63, 3.8) is 0 Å². The van der Waals surface area contributed by atoms with E-state index in [0.29, 0.717) is 19.4 Å². The van der Waals surface area contributed by atoms with E-state index >= 15 is 0 Å². The predicted molar refractivity (Wildman–Crippen MR) is 113 cm³/mol. The van der Waals surface area contributed by atoms with E-state index in [0.717, 1.165) is 37.6 Å². The summed E-state index contributed by atoms with van der Waals surface area (Å²) < 4.78 is 32.7. The minimum atomic E-state index is -3.49. The van der Waals surface area contributed by atoms with Crippen molar-refractivity contribution in [3.05, 3.63) is 29.8 Å². The van der Waals surface area contributed by atoms with E-state index in [4.69, 9.17) is 4.74 Å². The molecule has 1 aromatic rings. The highest BCUT2D eigenvalue weighted by Gasteiger charge is 2.33. The first-order valence-corrected chi connectivity index (χ1v) is 11.6. The lowest BCUT2D eigenvalue weighted by Crippen LogP contribution is -2.49. The Morgan fingerprint density at radius 3 is 2.45 bits per heavy atom. The summed E-state index contributed by atoms with van der Waals surface area (Å²) in [5.74, 6) is -0.415. The van der Waals surface area contributed by atoms with Crippen molar-refractivity contribution in [2.24, 2.45) is 5.92 Å². The Hall–Kier alpha value is -1.68. The molecule has 2 atom stereocenters. The van der Waals surface area contributed by atoms with E-state index in [1.165, 1.54) is 22.7 Å². The molecule has 2 aliphatic heterocycles. The van der Waals surface area contributed by atoms with Gasteiger partial charge >= 0.3 is 0 Å². The molecular weight excluding hydrogens is 392 g/mol. The molecule has 8 nitrogen and oxygen atoms in total. The number of nitrogens with zero attached hydrogens (tertiary/aromatic N) is 3. The van der Waals surface area contributed by atoms with Crippen molar-refractivity contribution in [3.8, 4) is 0 Å². The number of nitrogens with one attached hydrogen (secondary N) is 1. The SMILES string of the molecule is C[C@H](NC(=O)[C@@H]1CCCN(S(=O)(=O)N(C)C)C1)c1ccc(N2CCOCC2)cc1. The summed E-state index contributed by atoms with van der Waals surface area (Å²) in [5, 5.41) is 3.06. The van der Waals surface area contributed by atoms with Crippen LogP contribution in [0, 0.1) is 5.92 Å². The Morgan fingerprint density at radius 1 is 1.17 bits per heavy atom. The number of carbonyl (C=O) groups is 1. The van der Waals surface area contributed by atoms with Gasteiger partial charge in [-0.2, -0.15) is 17.0 Å². The predicted octanol–water partition coefficient (Wildman–Crippen LogP) is 1.22. The first kappa shape index (κ1) is 22.0. The van der Waals surface area contributed by atoms with Gasteiger partial charge in [-0.1, -0.05) is 12.1 Å². The first-order valence-electron chi connectivity index (χ1n) is 10.2. The molecule has 1 amide bonds. The van der Waals surface area contributed by atoms with Crippen LogP contribution >= 0.6 is 0 Å². The molecule has 162 valence electrons. The van der Waals surface area contributed by atoms with Crippen LogP contribution < -0.4 is 10.2 Å². The zero-order valence-electron chi connectivity index (χ0n) is 17.5. The number of benzene rings is 1. The van der Waals surface area contributed by atoms with E-state index in [1.54, 1.807) is 0 Å². The van der Waals surface area contributed by atoms with Gasteiger partial charge in [-0.05, 0) is 37.5 Å². The van der Waals surface area contributed by atoms with Gasteiger partial charge < -0.3 is 15.0 Å². The second-order valence-corrected chi connectivity index (χ2v) is 10.1. The normalized spacial score (nSPS) is 22.5. The molecule has 0 aliphatic carbocycles. The summed E-state index contributed by atoms with van der Waals surface area (Å²) >= 11 is 0. The standard InChI is InChI=1S/C20H32N4O4S/c1-16(17-6-8-19(9-7-17)23-11-13-28-14-12-23)21-20(25)18-5-4-10-24(15-18)29(26,27)22(2)3/h6-9,16,18H,4-5,10-15H2,1-3H3,(H,21,25)/t16-,18+/m0/s1. The van der Waals surface area contributed by atoms with Gasteiger partial charge in [0.15, 0.2) is 0 Å². The molecule has 2 fully saturated rings. The monoisotopic (exact) mass is 424 g/mol. The van der Waals surface area contributed by atoms with Gasteiger partial charge in [0.25, 0.3) is 10.2 Å². The molecule has 1 N–H and O–H groups in total. The maximum atomic E-state index is 12.8. The first-order chi connectivity index (χ1) is 13.8. The van der Waals surface area contributed by atoms with Crippen LogP contribution in [0.15, 0.2) is 24.3 Å². The summed E-state index contributed by atoms with van der Waals surface area (Å²) in [6, 6.07) is 8.10.